The van der Waals surface area contributed by atoms with Crippen LogP contribution in [0.15, 0.2) is 12.3 Å². The van der Waals surface area contributed by atoms with Crippen molar-refractivity contribution in [2.24, 2.45) is 7.05 Å². The number of amides is 1. The molecular formula is C14H21N3O3. The summed E-state index contributed by atoms with van der Waals surface area (Å²) < 4.78 is 13.1. The molecule has 6 nitrogen and oxygen atoms in total. The van der Waals surface area contributed by atoms with Crippen LogP contribution in [0.5, 0.6) is 0 Å². The van der Waals surface area contributed by atoms with E-state index in [0.29, 0.717) is 13.1 Å². The van der Waals surface area contributed by atoms with Gasteiger partial charge in [0.15, 0.2) is 0 Å². The van der Waals surface area contributed by atoms with Gasteiger partial charge in [0.05, 0.1) is 12.2 Å². The highest BCUT2D eigenvalue weighted by Crippen LogP contribution is 2.51. The summed E-state index contributed by atoms with van der Waals surface area (Å²) in [5, 5.41) is 4.20. The van der Waals surface area contributed by atoms with Gasteiger partial charge < -0.3 is 14.4 Å². The van der Waals surface area contributed by atoms with E-state index >= 15 is 0 Å². The number of aryl methyl sites for hydroxylation is 1. The van der Waals surface area contributed by atoms with Gasteiger partial charge in [-0.3, -0.25) is 4.68 Å². The molecule has 0 unspecified atom stereocenters. The minimum atomic E-state index is -0.460. The number of hydrogen-bond acceptors (Lipinski definition) is 4. The predicted molar refractivity (Wildman–Crippen MR) is 72.2 cm³/mol. The molecule has 2 saturated heterocycles. The van der Waals surface area contributed by atoms with Crippen LogP contribution in [-0.2, 0) is 22.1 Å². The third-order valence-electron chi connectivity index (χ3n) is 3.86. The van der Waals surface area contributed by atoms with Gasteiger partial charge in [-0.2, -0.15) is 5.10 Å². The number of epoxide rings is 1. The van der Waals surface area contributed by atoms with E-state index in [9.17, 15) is 4.79 Å². The van der Waals surface area contributed by atoms with Gasteiger partial charge in [0.25, 0.3) is 0 Å². The number of piperidine rings is 1. The van der Waals surface area contributed by atoms with Crippen LogP contribution in [0, 0.1) is 0 Å². The number of nitrogens with zero attached hydrogens (tertiary/aromatic N) is 3. The maximum Gasteiger partial charge on any atom is 0.410 e. The van der Waals surface area contributed by atoms with E-state index in [2.05, 4.69) is 5.10 Å². The Morgan fingerprint density at radius 3 is 2.85 bits per heavy atom. The number of hydrogen-bond donors (Lipinski definition) is 0. The lowest BCUT2D eigenvalue weighted by molar-refractivity contribution is 0.0216. The van der Waals surface area contributed by atoms with Crippen LogP contribution in [-0.4, -0.2) is 45.6 Å². The van der Waals surface area contributed by atoms with Gasteiger partial charge in [0.1, 0.15) is 17.3 Å². The van der Waals surface area contributed by atoms with E-state index < -0.39 is 5.60 Å². The number of carbonyl (C=O) groups is 1. The van der Waals surface area contributed by atoms with Crippen molar-refractivity contribution in [1.82, 2.24) is 14.7 Å². The predicted octanol–water partition coefficient (Wildman–Crippen LogP) is 1.66. The largest absolute Gasteiger partial charge is 0.444 e. The Morgan fingerprint density at radius 2 is 2.30 bits per heavy atom. The van der Waals surface area contributed by atoms with E-state index in [1.54, 1.807) is 11.1 Å². The van der Waals surface area contributed by atoms with Gasteiger partial charge >= 0.3 is 6.09 Å². The van der Waals surface area contributed by atoms with Gasteiger partial charge in [0.2, 0.25) is 0 Å². The van der Waals surface area contributed by atoms with Crippen molar-refractivity contribution in [2.45, 2.75) is 44.5 Å². The maximum atomic E-state index is 12.1. The minimum Gasteiger partial charge on any atom is -0.444 e. The van der Waals surface area contributed by atoms with Crippen LogP contribution in [0.3, 0.4) is 0 Å². The first-order chi connectivity index (χ1) is 9.32. The smallest absolute Gasteiger partial charge is 0.410 e. The van der Waals surface area contributed by atoms with E-state index in [1.165, 1.54) is 0 Å². The molecule has 0 bridgehead atoms. The molecule has 1 aromatic heterocycles. The second kappa shape index (κ2) is 4.22. The van der Waals surface area contributed by atoms with Crippen molar-refractivity contribution in [2.75, 3.05) is 13.1 Å². The molecule has 20 heavy (non-hydrogen) atoms. The number of rotatable bonds is 1. The molecule has 2 aliphatic heterocycles. The summed E-state index contributed by atoms with van der Waals surface area (Å²) in [6.45, 7) is 6.86. The molecule has 0 radical (unpaired) electrons. The maximum absolute atomic E-state index is 12.1. The Balaban J connectivity index is 1.66. The summed E-state index contributed by atoms with van der Waals surface area (Å²) >= 11 is 0. The standard InChI is InChI=1S/C14H21N3O3/c1-13(2,3)20-12(18)17-8-6-14(11(9-17)19-14)10-5-7-15-16(10)4/h5,7,11H,6,8-9H2,1-4H3/t11-,14+/m1/s1. The lowest BCUT2D eigenvalue weighted by Gasteiger charge is -2.30. The molecule has 3 heterocycles. The zero-order valence-electron chi connectivity index (χ0n) is 12.4. The third-order valence-corrected chi connectivity index (χ3v) is 3.86. The molecule has 3 rings (SSSR count). The summed E-state index contributed by atoms with van der Waals surface area (Å²) in [6, 6.07) is 1.99. The second-order valence-corrected chi connectivity index (χ2v) is 6.51. The number of ether oxygens (including phenoxy) is 2. The highest BCUT2D eigenvalue weighted by atomic mass is 16.6. The molecule has 6 heteroatoms. The van der Waals surface area contributed by atoms with Gasteiger partial charge in [-0.25, -0.2) is 4.79 Å². The molecule has 0 spiro atoms. The number of carbonyl (C=O) groups excluding carboxylic acids is 1. The SMILES string of the molecule is Cn1nccc1[C@@]12CCN(C(=O)OC(C)(C)C)C[C@H]1O2. The molecule has 0 N–H and O–H groups in total. The van der Waals surface area contributed by atoms with Crippen molar-refractivity contribution in [1.29, 1.82) is 0 Å². The average Bonchev–Trinajstić information content (AvgIpc) is 2.92. The molecule has 2 atom stereocenters. The zero-order chi connectivity index (χ0) is 14.5. The Hall–Kier alpha value is -1.56. The average molecular weight is 279 g/mol. The monoisotopic (exact) mass is 279 g/mol. The molecule has 2 fully saturated rings. The van der Waals surface area contributed by atoms with E-state index in [0.717, 1.165) is 12.1 Å². The number of likely N-dealkylation sites (tertiary alicyclic amines) is 1. The number of fused-ring (bicyclic) bond motifs is 1. The summed E-state index contributed by atoms with van der Waals surface area (Å²) in [5.41, 5.74) is 0.383. The van der Waals surface area contributed by atoms with Gasteiger partial charge in [-0.15, -0.1) is 0 Å². The van der Waals surface area contributed by atoms with Crippen LogP contribution in [0.1, 0.15) is 32.9 Å². The van der Waals surface area contributed by atoms with Gasteiger partial charge in [-0.1, -0.05) is 0 Å². The first kappa shape index (κ1) is 13.4. The molecule has 1 amide bonds. The van der Waals surface area contributed by atoms with Crippen LogP contribution in [0.4, 0.5) is 4.79 Å². The van der Waals surface area contributed by atoms with E-state index in [-0.39, 0.29) is 17.8 Å². The fourth-order valence-corrected chi connectivity index (χ4v) is 2.85. The minimum absolute atomic E-state index is 0.0548. The highest BCUT2D eigenvalue weighted by molar-refractivity contribution is 5.68. The topological polar surface area (TPSA) is 59.9 Å². The third kappa shape index (κ3) is 2.18. The number of aromatic nitrogens is 2. The molecule has 110 valence electrons. The Morgan fingerprint density at radius 1 is 1.55 bits per heavy atom. The molecule has 1 aromatic rings. The second-order valence-electron chi connectivity index (χ2n) is 6.51. The Kier molecular flexibility index (Phi) is 2.83. The summed E-state index contributed by atoms with van der Waals surface area (Å²) in [4.78, 5) is 13.8. The van der Waals surface area contributed by atoms with Crippen molar-refractivity contribution >= 4 is 6.09 Å². The van der Waals surface area contributed by atoms with Crippen molar-refractivity contribution in [3.05, 3.63) is 18.0 Å². The van der Waals surface area contributed by atoms with E-state index in [4.69, 9.17) is 9.47 Å². The summed E-state index contributed by atoms with van der Waals surface area (Å²) in [6.07, 6.45) is 2.37. The fourth-order valence-electron chi connectivity index (χ4n) is 2.85. The van der Waals surface area contributed by atoms with Crippen LogP contribution < -0.4 is 0 Å². The van der Waals surface area contributed by atoms with E-state index in [1.807, 2.05) is 38.6 Å². The van der Waals surface area contributed by atoms with Crippen molar-refractivity contribution in [3.63, 3.8) is 0 Å². The molecular weight excluding hydrogens is 258 g/mol. The Bertz CT molecular complexity index is 534. The molecule has 2 aliphatic rings. The molecule has 0 aliphatic carbocycles. The normalized spacial score (nSPS) is 29.0. The van der Waals surface area contributed by atoms with Crippen LogP contribution in [0.25, 0.3) is 0 Å². The zero-order valence-corrected chi connectivity index (χ0v) is 12.4. The van der Waals surface area contributed by atoms with Crippen LogP contribution in [0.2, 0.25) is 0 Å². The van der Waals surface area contributed by atoms with Crippen molar-refractivity contribution < 1.29 is 14.3 Å². The Labute approximate surface area is 118 Å². The molecule has 0 aromatic carbocycles. The van der Waals surface area contributed by atoms with Gasteiger partial charge in [0, 0.05) is 26.2 Å². The van der Waals surface area contributed by atoms with Crippen LogP contribution >= 0.6 is 0 Å². The summed E-state index contributed by atoms with van der Waals surface area (Å²) in [5.74, 6) is 0. The first-order valence-electron chi connectivity index (χ1n) is 6.96. The van der Waals surface area contributed by atoms with Crippen molar-refractivity contribution in [3.8, 4) is 0 Å². The fraction of sp³-hybridized carbons (Fsp3) is 0.714. The highest BCUT2D eigenvalue weighted by Gasteiger charge is 2.62. The molecule has 0 saturated carbocycles. The quantitative estimate of drug-likeness (QED) is 0.733. The van der Waals surface area contributed by atoms with Gasteiger partial charge in [-0.05, 0) is 26.8 Å². The summed E-state index contributed by atoms with van der Waals surface area (Å²) in [7, 11) is 1.92. The lowest BCUT2D eigenvalue weighted by atomic mass is 9.93. The lowest BCUT2D eigenvalue weighted by Crippen LogP contribution is -2.44. The first-order valence-corrected chi connectivity index (χ1v) is 6.96.